The molecule has 1 heterocycles. The van der Waals surface area contributed by atoms with Crippen molar-refractivity contribution in [1.29, 1.82) is 0 Å². The summed E-state index contributed by atoms with van der Waals surface area (Å²) >= 11 is 5.81. The second-order valence-electron chi connectivity index (χ2n) is 6.43. The number of aryl methyl sites for hydroxylation is 2. The van der Waals surface area contributed by atoms with E-state index >= 15 is 0 Å². The van der Waals surface area contributed by atoms with Crippen LogP contribution in [-0.2, 0) is 11.3 Å². The lowest BCUT2D eigenvalue weighted by molar-refractivity contribution is -0.121. The molecular weight excluding hydrogens is 362 g/mol. The lowest BCUT2D eigenvalue weighted by Gasteiger charge is -2.08. The van der Waals surface area contributed by atoms with Gasteiger partial charge in [-0.3, -0.25) is 9.59 Å². The molecule has 0 radical (unpaired) electrons. The molecule has 1 N–H and O–H groups in total. The summed E-state index contributed by atoms with van der Waals surface area (Å²) in [6.45, 7) is 3.34. The van der Waals surface area contributed by atoms with Crippen molar-refractivity contribution in [2.45, 2.75) is 32.7 Å². The summed E-state index contributed by atoms with van der Waals surface area (Å²) in [7, 11) is 0. The number of ketones is 1. The number of rotatable bonds is 8. The first-order valence-electron chi connectivity index (χ1n) is 9.02. The summed E-state index contributed by atoms with van der Waals surface area (Å²) in [6.07, 6.45) is 1.19. The number of hydrogen-bond donors (Lipinski definition) is 1. The van der Waals surface area contributed by atoms with Crippen LogP contribution in [0.5, 0.6) is 0 Å². The summed E-state index contributed by atoms with van der Waals surface area (Å²) in [5.74, 6) is 0.808. The van der Waals surface area contributed by atoms with Crippen LogP contribution < -0.4 is 5.32 Å². The molecule has 0 unspecified atom stereocenters. The fourth-order valence-corrected chi connectivity index (χ4v) is 3.16. The van der Waals surface area contributed by atoms with Crippen molar-refractivity contribution in [2.75, 3.05) is 6.54 Å². The molecule has 0 saturated heterocycles. The third kappa shape index (κ3) is 4.95. The maximum absolute atomic E-state index is 12.1. The second-order valence-corrected chi connectivity index (χ2v) is 6.87. The number of fused-ring (bicyclic) bond motifs is 1. The van der Waals surface area contributed by atoms with Gasteiger partial charge in [-0.1, -0.05) is 23.7 Å². The van der Waals surface area contributed by atoms with E-state index in [2.05, 4.69) is 20.9 Å². The minimum Gasteiger partial charge on any atom is -0.356 e. The van der Waals surface area contributed by atoms with E-state index in [1.54, 1.807) is 24.3 Å². The maximum Gasteiger partial charge on any atom is 0.220 e. The number of hydrogen-bond acceptors (Lipinski definition) is 3. The van der Waals surface area contributed by atoms with E-state index in [9.17, 15) is 9.59 Å². The van der Waals surface area contributed by atoms with Crippen molar-refractivity contribution < 1.29 is 9.59 Å². The highest BCUT2D eigenvalue weighted by atomic mass is 35.5. The number of halogens is 1. The highest BCUT2D eigenvalue weighted by molar-refractivity contribution is 6.30. The Bertz CT molecular complexity index is 948. The maximum atomic E-state index is 12.1. The fourth-order valence-electron chi connectivity index (χ4n) is 3.04. The van der Waals surface area contributed by atoms with Gasteiger partial charge in [0.25, 0.3) is 0 Å². The van der Waals surface area contributed by atoms with Gasteiger partial charge in [0.2, 0.25) is 5.91 Å². The molecular formula is C21H22ClN3O2. The molecule has 0 fully saturated rings. The van der Waals surface area contributed by atoms with E-state index in [1.165, 1.54) is 0 Å². The number of aromatic nitrogens is 2. The molecule has 6 heteroatoms. The number of carbonyl (C=O) groups excluding carboxylic acids is 2. The van der Waals surface area contributed by atoms with E-state index < -0.39 is 0 Å². The van der Waals surface area contributed by atoms with Crippen LogP contribution in [0.3, 0.4) is 0 Å². The van der Waals surface area contributed by atoms with Crippen molar-refractivity contribution in [1.82, 2.24) is 14.9 Å². The number of amides is 1. The second kappa shape index (κ2) is 8.82. The monoisotopic (exact) mass is 383 g/mol. The molecule has 0 aliphatic heterocycles. The first-order chi connectivity index (χ1) is 13.0. The van der Waals surface area contributed by atoms with Gasteiger partial charge in [0, 0.05) is 36.5 Å². The zero-order valence-electron chi connectivity index (χ0n) is 15.2. The quantitative estimate of drug-likeness (QED) is 0.469. The van der Waals surface area contributed by atoms with E-state index in [1.807, 2.05) is 25.1 Å². The summed E-state index contributed by atoms with van der Waals surface area (Å²) in [5, 5.41) is 3.47. The van der Waals surface area contributed by atoms with Crippen molar-refractivity contribution in [3.8, 4) is 0 Å². The number of Topliss-reactive ketones (excluding diaryl/α,β-unsaturated/α-hetero) is 1. The van der Waals surface area contributed by atoms with Gasteiger partial charge in [-0.05, 0) is 49.7 Å². The topological polar surface area (TPSA) is 64.0 Å². The zero-order valence-corrected chi connectivity index (χ0v) is 16.0. The minimum absolute atomic E-state index is 0.0534. The lowest BCUT2D eigenvalue weighted by atomic mass is 10.1. The molecule has 1 aromatic heterocycles. The number of benzene rings is 2. The van der Waals surface area contributed by atoms with Gasteiger partial charge in [0.05, 0.1) is 11.0 Å². The predicted octanol–water partition coefficient (Wildman–Crippen LogP) is 4.17. The van der Waals surface area contributed by atoms with Crippen LogP contribution in [0.1, 0.15) is 35.4 Å². The Kier molecular flexibility index (Phi) is 6.24. The fraction of sp³-hybridized carbons (Fsp3) is 0.286. The lowest BCUT2D eigenvalue weighted by Crippen LogP contribution is -2.25. The molecule has 5 nitrogen and oxygen atoms in total. The summed E-state index contributed by atoms with van der Waals surface area (Å²) in [6, 6.07) is 14.7. The molecule has 0 saturated carbocycles. The Morgan fingerprint density at radius 1 is 1.07 bits per heavy atom. The first-order valence-corrected chi connectivity index (χ1v) is 9.40. The first kappa shape index (κ1) is 19.1. The normalized spacial score (nSPS) is 10.9. The van der Waals surface area contributed by atoms with Crippen molar-refractivity contribution in [2.24, 2.45) is 0 Å². The molecule has 0 bridgehead atoms. The molecule has 3 rings (SSSR count). The van der Waals surface area contributed by atoms with E-state index in [-0.39, 0.29) is 24.5 Å². The van der Waals surface area contributed by atoms with Crippen LogP contribution in [0.2, 0.25) is 5.02 Å². The van der Waals surface area contributed by atoms with E-state index in [0.717, 1.165) is 29.8 Å². The van der Waals surface area contributed by atoms with Gasteiger partial charge < -0.3 is 9.88 Å². The smallest absolute Gasteiger partial charge is 0.220 e. The van der Waals surface area contributed by atoms with Crippen LogP contribution in [-0.4, -0.2) is 27.8 Å². The largest absolute Gasteiger partial charge is 0.356 e. The van der Waals surface area contributed by atoms with Gasteiger partial charge in [-0.2, -0.15) is 0 Å². The molecule has 0 spiro atoms. The minimum atomic E-state index is -0.107. The number of imidazole rings is 1. The number of nitrogens with one attached hydrogen (secondary N) is 1. The van der Waals surface area contributed by atoms with Crippen LogP contribution >= 0.6 is 11.6 Å². The highest BCUT2D eigenvalue weighted by Gasteiger charge is 2.10. The SMILES string of the molecule is Cc1nc2ccccc2n1CCCNC(=O)CCC(=O)c1ccc(Cl)cc1. The highest BCUT2D eigenvalue weighted by Crippen LogP contribution is 2.15. The van der Waals surface area contributed by atoms with Gasteiger partial charge in [-0.15, -0.1) is 0 Å². The standard InChI is InChI=1S/C21H22ClN3O2/c1-15-24-18-5-2-3-6-19(18)25(15)14-4-13-23-21(27)12-11-20(26)16-7-9-17(22)10-8-16/h2-3,5-10H,4,11-14H2,1H3,(H,23,27). The van der Waals surface area contributed by atoms with Crippen LogP contribution in [0.15, 0.2) is 48.5 Å². The average molecular weight is 384 g/mol. The molecule has 3 aromatic rings. The third-order valence-electron chi connectivity index (χ3n) is 4.47. The molecule has 0 aliphatic carbocycles. The predicted molar refractivity (Wildman–Crippen MR) is 107 cm³/mol. The molecule has 0 aliphatic rings. The number of para-hydroxylation sites is 2. The molecule has 140 valence electrons. The van der Waals surface area contributed by atoms with Crippen LogP contribution in [0.4, 0.5) is 0 Å². The van der Waals surface area contributed by atoms with Gasteiger partial charge in [0.1, 0.15) is 5.82 Å². The molecule has 27 heavy (non-hydrogen) atoms. The Balaban J connectivity index is 1.41. The van der Waals surface area contributed by atoms with Crippen LogP contribution in [0.25, 0.3) is 11.0 Å². The zero-order chi connectivity index (χ0) is 19.2. The van der Waals surface area contributed by atoms with Gasteiger partial charge in [0.15, 0.2) is 5.78 Å². The summed E-state index contributed by atoms with van der Waals surface area (Å²) < 4.78 is 2.16. The van der Waals surface area contributed by atoms with Gasteiger partial charge in [-0.25, -0.2) is 4.98 Å². The summed E-state index contributed by atoms with van der Waals surface area (Å²) in [5.41, 5.74) is 2.67. The number of nitrogens with zero attached hydrogens (tertiary/aromatic N) is 2. The Morgan fingerprint density at radius 2 is 1.81 bits per heavy atom. The molecule has 1 amide bonds. The van der Waals surface area contributed by atoms with Crippen molar-refractivity contribution in [3.05, 3.63) is 64.9 Å². The number of carbonyl (C=O) groups is 2. The third-order valence-corrected chi connectivity index (χ3v) is 4.72. The Hall–Kier alpha value is -2.66. The van der Waals surface area contributed by atoms with Crippen molar-refractivity contribution in [3.63, 3.8) is 0 Å². The van der Waals surface area contributed by atoms with Crippen molar-refractivity contribution >= 4 is 34.3 Å². The molecule has 0 atom stereocenters. The Labute approximate surface area is 163 Å². The molecule has 2 aromatic carbocycles. The Morgan fingerprint density at radius 3 is 2.59 bits per heavy atom. The average Bonchev–Trinajstić information content (AvgIpc) is 2.99. The van der Waals surface area contributed by atoms with Crippen LogP contribution in [0, 0.1) is 6.92 Å². The van der Waals surface area contributed by atoms with E-state index in [4.69, 9.17) is 11.6 Å². The van der Waals surface area contributed by atoms with E-state index in [0.29, 0.717) is 17.1 Å². The van der Waals surface area contributed by atoms with Gasteiger partial charge >= 0.3 is 0 Å². The summed E-state index contributed by atoms with van der Waals surface area (Å²) in [4.78, 5) is 28.6.